The predicted molar refractivity (Wildman–Crippen MR) is 110 cm³/mol. The van der Waals surface area contributed by atoms with Gasteiger partial charge in [-0.25, -0.2) is 0 Å². The van der Waals surface area contributed by atoms with E-state index in [4.69, 9.17) is 23.2 Å². The number of carbonyl (C=O) groups excluding carboxylic acids is 1. The zero-order chi connectivity index (χ0) is 18.3. The van der Waals surface area contributed by atoms with E-state index in [0.29, 0.717) is 21.2 Å². The fourth-order valence-electron chi connectivity index (χ4n) is 3.10. The van der Waals surface area contributed by atoms with E-state index in [-0.39, 0.29) is 5.91 Å². The number of hydrogen-bond donors (Lipinski definition) is 1. The number of anilines is 2. The summed E-state index contributed by atoms with van der Waals surface area (Å²) in [6.45, 7) is 0. The molecular formula is C20H13BrCl2N2O. The first-order valence-electron chi connectivity index (χ1n) is 7.95. The molecule has 3 aromatic rings. The van der Waals surface area contributed by atoms with Crippen LogP contribution in [0.2, 0.25) is 10.0 Å². The lowest BCUT2D eigenvalue weighted by molar-refractivity contribution is 0.0975. The Bertz CT molecular complexity index is 971. The summed E-state index contributed by atoms with van der Waals surface area (Å²) in [6.07, 6.45) is -0.514. The minimum Gasteiger partial charge on any atom is -0.360 e. The van der Waals surface area contributed by atoms with Crippen molar-refractivity contribution in [2.24, 2.45) is 0 Å². The molecule has 0 aromatic heterocycles. The van der Waals surface area contributed by atoms with Crippen LogP contribution < -0.4 is 10.2 Å². The van der Waals surface area contributed by atoms with Gasteiger partial charge in [-0.1, -0.05) is 57.3 Å². The molecule has 3 nitrogen and oxygen atoms in total. The van der Waals surface area contributed by atoms with Crippen molar-refractivity contribution in [1.29, 1.82) is 0 Å². The third-order valence-corrected chi connectivity index (χ3v) is 5.49. The summed E-state index contributed by atoms with van der Waals surface area (Å²) in [5.41, 5.74) is 2.78. The molecule has 3 aromatic carbocycles. The molecule has 0 spiro atoms. The molecule has 0 aliphatic carbocycles. The summed E-state index contributed by atoms with van der Waals surface area (Å²) in [6, 6.07) is 20.3. The molecule has 0 saturated heterocycles. The van der Waals surface area contributed by atoms with Gasteiger partial charge < -0.3 is 5.32 Å². The average molecular weight is 448 g/mol. The van der Waals surface area contributed by atoms with Crippen molar-refractivity contribution in [2.45, 2.75) is 6.17 Å². The predicted octanol–water partition coefficient (Wildman–Crippen LogP) is 6.53. The molecule has 130 valence electrons. The maximum Gasteiger partial charge on any atom is 0.262 e. The highest BCUT2D eigenvalue weighted by Gasteiger charge is 2.36. The zero-order valence-corrected chi connectivity index (χ0v) is 16.5. The van der Waals surface area contributed by atoms with Crippen molar-refractivity contribution in [3.8, 4) is 0 Å². The fraction of sp³-hybridized carbons (Fsp3) is 0.0500. The number of para-hydroxylation sites is 1. The number of nitrogens with zero attached hydrogens (tertiary/aromatic N) is 1. The van der Waals surface area contributed by atoms with E-state index < -0.39 is 6.17 Å². The lowest BCUT2D eigenvalue weighted by Crippen LogP contribution is -2.43. The van der Waals surface area contributed by atoms with E-state index in [0.717, 1.165) is 15.8 Å². The highest BCUT2D eigenvalue weighted by Crippen LogP contribution is 2.41. The van der Waals surface area contributed by atoms with Crippen LogP contribution in [0.4, 0.5) is 11.4 Å². The number of hydrogen-bond acceptors (Lipinski definition) is 2. The van der Waals surface area contributed by atoms with Crippen LogP contribution in [0.5, 0.6) is 0 Å². The number of benzene rings is 3. The molecule has 1 heterocycles. The molecular weight excluding hydrogens is 435 g/mol. The van der Waals surface area contributed by atoms with Crippen LogP contribution in [0.1, 0.15) is 22.1 Å². The Kier molecular flexibility index (Phi) is 4.65. The Morgan fingerprint density at radius 3 is 2.23 bits per heavy atom. The standard InChI is InChI=1S/C20H13BrCl2N2O/c21-12-8-10-13(11-9-12)25-19(18-15(22)5-3-6-16(18)23)24-17-7-2-1-4-14(17)20(25)26/h1-11,19,24H. The Morgan fingerprint density at radius 2 is 1.54 bits per heavy atom. The molecule has 1 aliphatic heterocycles. The maximum absolute atomic E-state index is 13.3. The Morgan fingerprint density at radius 1 is 0.885 bits per heavy atom. The van der Waals surface area contributed by atoms with Crippen LogP contribution >= 0.6 is 39.1 Å². The monoisotopic (exact) mass is 446 g/mol. The highest BCUT2D eigenvalue weighted by atomic mass is 79.9. The van der Waals surface area contributed by atoms with Gasteiger partial charge in [0.25, 0.3) is 5.91 Å². The van der Waals surface area contributed by atoms with Gasteiger partial charge in [0.05, 0.1) is 5.56 Å². The fourth-order valence-corrected chi connectivity index (χ4v) is 3.96. The van der Waals surface area contributed by atoms with Gasteiger partial charge in [0.2, 0.25) is 0 Å². The van der Waals surface area contributed by atoms with Gasteiger partial charge in [0.15, 0.2) is 0 Å². The minimum atomic E-state index is -0.514. The number of rotatable bonds is 2. The third-order valence-electron chi connectivity index (χ3n) is 4.30. The molecule has 1 amide bonds. The summed E-state index contributed by atoms with van der Waals surface area (Å²) in [7, 11) is 0. The second kappa shape index (κ2) is 6.95. The van der Waals surface area contributed by atoms with E-state index >= 15 is 0 Å². The van der Waals surface area contributed by atoms with Crippen LogP contribution in [0.3, 0.4) is 0 Å². The molecule has 0 radical (unpaired) electrons. The largest absolute Gasteiger partial charge is 0.360 e. The first-order chi connectivity index (χ1) is 12.6. The number of amides is 1. The lowest BCUT2D eigenvalue weighted by atomic mass is 10.0. The molecule has 6 heteroatoms. The Labute approximate surface area is 169 Å². The summed E-state index contributed by atoms with van der Waals surface area (Å²) in [5.74, 6) is -0.109. The van der Waals surface area contributed by atoms with E-state index in [1.807, 2.05) is 42.5 Å². The number of nitrogens with one attached hydrogen (secondary N) is 1. The van der Waals surface area contributed by atoms with Crippen molar-refractivity contribution >= 4 is 56.4 Å². The van der Waals surface area contributed by atoms with Gasteiger partial charge >= 0.3 is 0 Å². The van der Waals surface area contributed by atoms with Crippen molar-refractivity contribution in [3.05, 3.63) is 92.4 Å². The molecule has 4 rings (SSSR count). The summed E-state index contributed by atoms with van der Waals surface area (Å²) < 4.78 is 0.936. The molecule has 1 N–H and O–H groups in total. The van der Waals surface area contributed by atoms with E-state index in [1.165, 1.54) is 0 Å². The van der Waals surface area contributed by atoms with Gasteiger partial charge in [0.1, 0.15) is 6.17 Å². The maximum atomic E-state index is 13.3. The first-order valence-corrected chi connectivity index (χ1v) is 9.50. The van der Waals surface area contributed by atoms with Crippen molar-refractivity contribution in [1.82, 2.24) is 0 Å². The molecule has 26 heavy (non-hydrogen) atoms. The van der Waals surface area contributed by atoms with Crippen molar-refractivity contribution < 1.29 is 4.79 Å². The van der Waals surface area contributed by atoms with Crippen molar-refractivity contribution in [3.63, 3.8) is 0 Å². The van der Waals surface area contributed by atoms with Gasteiger partial charge in [-0.15, -0.1) is 0 Å². The second-order valence-electron chi connectivity index (χ2n) is 5.88. The van der Waals surface area contributed by atoms with Gasteiger partial charge in [-0.05, 0) is 48.5 Å². The lowest BCUT2D eigenvalue weighted by Gasteiger charge is -2.38. The van der Waals surface area contributed by atoms with E-state index in [9.17, 15) is 4.79 Å². The van der Waals surface area contributed by atoms with Crippen molar-refractivity contribution in [2.75, 3.05) is 10.2 Å². The van der Waals surface area contributed by atoms with Crippen LogP contribution in [0.25, 0.3) is 0 Å². The van der Waals surface area contributed by atoms with Crippen LogP contribution in [0.15, 0.2) is 71.2 Å². The normalized spacial score (nSPS) is 16.2. The third kappa shape index (κ3) is 2.98. The molecule has 0 fully saturated rings. The second-order valence-corrected chi connectivity index (χ2v) is 7.61. The minimum absolute atomic E-state index is 0.109. The summed E-state index contributed by atoms with van der Waals surface area (Å²) in [5, 5.41) is 4.42. The topological polar surface area (TPSA) is 32.3 Å². The quantitative estimate of drug-likeness (QED) is 0.484. The molecule has 1 atom stereocenters. The zero-order valence-electron chi connectivity index (χ0n) is 13.4. The van der Waals surface area contributed by atoms with Crippen LogP contribution in [-0.2, 0) is 0 Å². The van der Waals surface area contributed by atoms with Gasteiger partial charge in [-0.3, -0.25) is 9.69 Å². The summed E-state index contributed by atoms with van der Waals surface area (Å²) in [4.78, 5) is 15.0. The number of carbonyl (C=O) groups is 1. The smallest absolute Gasteiger partial charge is 0.262 e. The molecule has 0 bridgehead atoms. The molecule has 1 aliphatic rings. The van der Waals surface area contributed by atoms with E-state index in [1.54, 1.807) is 29.2 Å². The van der Waals surface area contributed by atoms with Crippen LogP contribution in [0, 0.1) is 0 Å². The average Bonchev–Trinajstić information content (AvgIpc) is 2.63. The SMILES string of the molecule is O=C1c2ccccc2NC(c2c(Cl)cccc2Cl)N1c1ccc(Br)cc1. The van der Waals surface area contributed by atoms with Gasteiger partial charge in [-0.2, -0.15) is 0 Å². The molecule has 0 saturated carbocycles. The summed E-state index contributed by atoms with van der Waals surface area (Å²) >= 11 is 16.3. The first kappa shape index (κ1) is 17.4. The molecule has 1 unspecified atom stereocenters. The Balaban J connectivity index is 1.92. The van der Waals surface area contributed by atoms with Crippen LogP contribution in [-0.4, -0.2) is 5.91 Å². The van der Waals surface area contributed by atoms with Gasteiger partial charge in [0, 0.05) is 31.5 Å². The van der Waals surface area contributed by atoms with E-state index in [2.05, 4.69) is 21.2 Å². The number of fused-ring (bicyclic) bond motifs is 1. The number of halogens is 3. The highest BCUT2D eigenvalue weighted by molar-refractivity contribution is 9.10. The Hall–Kier alpha value is -2.01.